The van der Waals surface area contributed by atoms with Gasteiger partial charge in [-0.05, 0) is 25.5 Å². The molecule has 5 nitrogen and oxygen atoms in total. The molecule has 1 unspecified atom stereocenters. The first-order chi connectivity index (χ1) is 7.34. The van der Waals surface area contributed by atoms with Crippen molar-refractivity contribution in [3.8, 4) is 0 Å². The van der Waals surface area contributed by atoms with Crippen LogP contribution in [0, 0.1) is 0 Å². The van der Waals surface area contributed by atoms with Crippen molar-refractivity contribution in [1.29, 1.82) is 0 Å². The number of nitrogens with two attached hydrogens (primary N) is 1. The van der Waals surface area contributed by atoms with E-state index in [1.54, 1.807) is 16.8 Å². The lowest BCUT2D eigenvalue weighted by Crippen LogP contribution is -2.13. The van der Waals surface area contributed by atoms with Crippen LogP contribution in [0.4, 0.5) is 5.82 Å². The van der Waals surface area contributed by atoms with Crippen LogP contribution in [0.3, 0.4) is 0 Å². The van der Waals surface area contributed by atoms with E-state index in [2.05, 4.69) is 15.4 Å². The monoisotopic (exact) mass is 203 g/mol. The van der Waals surface area contributed by atoms with Gasteiger partial charge in [-0.25, -0.2) is 4.98 Å². The van der Waals surface area contributed by atoms with Crippen molar-refractivity contribution in [1.82, 2.24) is 19.9 Å². The molecule has 3 rings (SSSR count). The summed E-state index contributed by atoms with van der Waals surface area (Å²) in [6.45, 7) is 1.07. The average molecular weight is 203 g/mol. The van der Waals surface area contributed by atoms with E-state index in [-0.39, 0.29) is 0 Å². The van der Waals surface area contributed by atoms with Crippen LogP contribution in [0.2, 0.25) is 0 Å². The van der Waals surface area contributed by atoms with Gasteiger partial charge >= 0.3 is 0 Å². The zero-order chi connectivity index (χ0) is 10.3. The van der Waals surface area contributed by atoms with Crippen LogP contribution in [0.15, 0.2) is 18.3 Å². The van der Waals surface area contributed by atoms with Gasteiger partial charge in [0.2, 0.25) is 0 Å². The first kappa shape index (κ1) is 8.67. The number of nitrogen functional groups attached to an aromatic ring is 1. The lowest BCUT2D eigenvalue weighted by molar-refractivity contribution is 0.621. The summed E-state index contributed by atoms with van der Waals surface area (Å²) in [7, 11) is 0. The largest absolute Gasteiger partial charge is 0.384 e. The number of rotatable bonds is 1. The van der Waals surface area contributed by atoms with Crippen LogP contribution in [0.5, 0.6) is 0 Å². The fraction of sp³-hybridized carbons (Fsp3) is 0.400. The van der Waals surface area contributed by atoms with Crippen LogP contribution in [-0.4, -0.2) is 21.1 Å². The Balaban J connectivity index is 2.09. The van der Waals surface area contributed by atoms with E-state index in [1.165, 1.54) is 6.42 Å². The van der Waals surface area contributed by atoms with E-state index in [0.717, 1.165) is 24.3 Å². The highest BCUT2D eigenvalue weighted by molar-refractivity contribution is 5.46. The zero-order valence-corrected chi connectivity index (χ0v) is 8.35. The third-order valence-corrected chi connectivity index (χ3v) is 2.82. The third kappa shape index (κ3) is 1.35. The molecule has 2 aromatic rings. The molecule has 1 atom stereocenters. The Kier molecular flexibility index (Phi) is 1.85. The molecular weight excluding hydrogens is 190 g/mol. The van der Waals surface area contributed by atoms with E-state index in [1.807, 2.05) is 6.07 Å². The Hall–Kier alpha value is -1.62. The smallest absolute Gasteiger partial charge is 0.157 e. The van der Waals surface area contributed by atoms with Gasteiger partial charge in [-0.2, -0.15) is 9.61 Å². The van der Waals surface area contributed by atoms with E-state index in [9.17, 15) is 0 Å². The molecule has 2 aromatic heterocycles. The number of fused-ring (bicyclic) bond motifs is 1. The highest BCUT2D eigenvalue weighted by atomic mass is 15.3. The lowest BCUT2D eigenvalue weighted by Gasteiger charge is -2.04. The van der Waals surface area contributed by atoms with Crippen molar-refractivity contribution in [3.05, 3.63) is 24.0 Å². The number of aromatic nitrogens is 3. The molecule has 78 valence electrons. The van der Waals surface area contributed by atoms with Gasteiger partial charge in [-0.1, -0.05) is 0 Å². The normalized spacial score (nSPS) is 21.2. The van der Waals surface area contributed by atoms with Gasteiger partial charge in [0.25, 0.3) is 0 Å². The van der Waals surface area contributed by atoms with Crippen molar-refractivity contribution in [2.24, 2.45) is 0 Å². The van der Waals surface area contributed by atoms with Crippen molar-refractivity contribution >= 4 is 11.5 Å². The van der Waals surface area contributed by atoms with E-state index in [0.29, 0.717) is 11.9 Å². The van der Waals surface area contributed by atoms with Gasteiger partial charge in [0.05, 0.1) is 11.7 Å². The Morgan fingerprint density at radius 3 is 3.20 bits per heavy atom. The molecule has 1 aliphatic rings. The predicted octanol–water partition coefficient (Wildman–Crippen LogP) is 0.736. The highest BCUT2D eigenvalue weighted by Crippen LogP contribution is 2.22. The minimum atomic E-state index is 0.367. The molecule has 0 aliphatic carbocycles. The molecule has 3 N–H and O–H groups in total. The molecule has 1 fully saturated rings. The minimum absolute atomic E-state index is 0.367. The molecule has 0 bridgehead atoms. The molecule has 1 saturated heterocycles. The van der Waals surface area contributed by atoms with Crippen LogP contribution < -0.4 is 11.1 Å². The van der Waals surface area contributed by atoms with E-state index < -0.39 is 0 Å². The number of anilines is 1. The summed E-state index contributed by atoms with van der Waals surface area (Å²) in [5, 5.41) is 7.87. The zero-order valence-electron chi connectivity index (χ0n) is 8.35. The SMILES string of the molecule is Nc1ccnc2cc(C3CCCN3)nn12. The summed E-state index contributed by atoms with van der Waals surface area (Å²) in [5.41, 5.74) is 7.67. The second kappa shape index (κ2) is 3.20. The topological polar surface area (TPSA) is 68.2 Å². The molecular formula is C10H13N5. The Morgan fingerprint density at radius 2 is 2.47 bits per heavy atom. The average Bonchev–Trinajstić information content (AvgIpc) is 2.86. The van der Waals surface area contributed by atoms with Crippen LogP contribution in [-0.2, 0) is 0 Å². The maximum absolute atomic E-state index is 5.81. The van der Waals surface area contributed by atoms with Gasteiger partial charge in [-0.3, -0.25) is 0 Å². The summed E-state index contributed by atoms with van der Waals surface area (Å²) in [6, 6.07) is 4.12. The molecule has 1 aliphatic heterocycles. The summed E-state index contributed by atoms with van der Waals surface area (Å²) in [4.78, 5) is 4.23. The summed E-state index contributed by atoms with van der Waals surface area (Å²) in [5.74, 6) is 0.629. The number of nitrogens with zero attached hydrogens (tertiary/aromatic N) is 3. The van der Waals surface area contributed by atoms with E-state index in [4.69, 9.17) is 5.73 Å². The Bertz CT molecular complexity index is 484. The van der Waals surface area contributed by atoms with Gasteiger partial charge < -0.3 is 11.1 Å². The second-order valence-corrected chi connectivity index (χ2v) is 3.86. The fourth-order valence-corrected chi connectivity index (χ4v) is 2.04. The van der Waals surface area contributed by atoms with Gasteiger partial charge in [0, 0.05) is 12.3 Å². The summed E-state index contributed by atoms with van der Waals surface area (Å²) in [6.07, 6.45) is 4.06. The lowest BCUT2D eigenvalue weighted by atomic mass is 10.2. The maximum atomic E-state index is 5.81. The minimum Gasteiger partial charge on any atom is -0.384 e. The van der Waals surface area contributed by atoms with E-state index >= 15 is 0 Å². The van der Waals surface area contributed by atoms with Crippen molar-refractivity contribution in [3.63, 3.8) is 0 Å². The van der Waals surface area contributed by atoms with Gasteiger partial charge in [0.15, 0.2) is 5.65 Å². The molecule has 3 heterocycles. The first-order valence-electron chi connectivity index (χ1n) is 5.18. The summed E-state index contributed by atoms with van der Waals surface area (Å²) < 4.78 is 1.69. The van der Waals surface area contributed by atoms with Gasteiger partial charge in [-0.15, -0.1) is 0 Å². The standard InChI is InChI=1S/C10H13N5/c11-9-3-5-13-10-6-8(14-15(9)10)7-2-1-4-12-7/h3,5-7,12H,1-2,4,11H2. The number of hydrogen-bond donors (Lipinski definition) is 2. The first-order valence-corrected chi connectivity index (χ1v) is 5.18. The van der Waals surface area contributed by atoms with Crippen molar-refractivity contribution in [2.75, 3.05) is 12.3 Å². The second-order valence-electron chi connectivity index (χ2n) is 3.86. The van der Waals surface area contributed by atoms with Crippen LogP contribution in [0.1, 0.15) is 24.6 Å². The van der Waals surface area contributed by atoms with Crippen molar-refractivity contribution < 1.29 is 0 Å². The van der Waals surface area contributed by atoms with Gasteiger partial charge in [0.1, 0.15) is 5.82 Å². The quantitative estimate of drug-likeness (QED) is 0.717. The summed E-state index contributed by atoms with van der Waals surface area (Å²) >= 11 is 0. The Morgan fingerprint density at radius 1 is 1.53 bits per heavy atom. The van der Waals surface area contributed by atoms with Crippen LogP contribution in [0.25, 0.3) is 5.65 Å². The molecule has 5 heteroatoms. The Labute approximate surface area is 87.3 Å². The molecule has 15 heavy (non-hydrogen) atoms. The maximum Gasteiger partial charge on any atom is 0.157 e. The van der Waals surface area contributed by atoms with Crippen molar-refractivity contribution in [2.45, 2.75) is 18.9 Å². The van der Waals surface area contributed by atoms with Crippen LogP contribution >= 0.6 is 0 Å². The predicted molar refractivity (Wildman–Crippen MR) is 57.4 cm³/mol. The molecule has 0 spiro atoms. The number of nitrogens with one attached hydrogen (secondary N) is 1. The highest BCUT2D eigenvalue weighted by Gasteiger charge is 2.19. The molecule has 0 radical (unpaired) electrons. The number of hydrogen-bond acceptors (Lipinski definition) is 4. The molecule has 0 saturated carbocycles. The fourth-order valence-electron chi connectivity index (χ4n) is 2.04. The molecule has 0 amide bonds. The third-order valence-electron chi connectivity index (χ3n) is 2.82. The molecule has 0 aromatic carbocycles.